The molecule has 2 aromatic carbocycles. The number of aryl methyl sites for hydroxylation is 2. The van der Waals surface area contributed by atoms with Gasteiger partial charge in [0, 0.05) is 24.1 Å². The predicted octanol–water partition coefficient (Wildman–Crippen LogP) is 3.41. The zero-order valence-corrected chi connectivity index (χ0v) is 14.7. The molecule has 0 radical (unpaired) electrons. The van der Waals surface area contributed by atoms with Gasteiger partial charge < -0.3 is 5.32 Å². The van der Waals surface area contributed by atoms with E-state index in [0.29, 0.717) is 29.1 Å². The van der Waals surface area contributed by atoms with Crippen molar-refractivity contribution in [1.82, 2.24) is 0 Å². The van der Waals surface area contributed by atoms with Crippen LogP contribution in [0.1, 0.15) is 29.5 Å². The standard InChI is InChI=1S/C21H19N3O2/c1-4-16-6-5-7-17(13-16)22-21(26)18-10-11-20(25)24(23-18)19-12-14(2)8-9-15(19)3/h1,5-9,12-13H,10-11H2,2-3H3,(H,22,26). The fourth-order valence-electron chi connectivity index (χ4n) is 2.74. The van der Waals surface area contributed by atoms with E-state index in [2.05, 4.69) is 16.3 Å². The molecule has 1 aliphatic rings. The summed E-state index contributed by atoms with van der Waals surface area (Å²) in [6, 6.07) is 12.9. The van der Waals surface area contributed by atoms with Gasteiger partial charge in [-0.3, -0.25) is 9.59 Å². The van der Waals surface area contributed by atoms with Gasteiger partial charge in [-0.25, -0.2) is 5.01 Å². The molecule has 5 heteroatoms. The van der Waals surface area contributed by atoms with Crippen LogP contribution in [0.4, 0.5) is 11.4 Å². The molecule has 3 rings (SSSR count). The molecule has 0 spiro atoms. The summed E-state index contributed by atoms with van der Waals surface area (Å²) in [5.41, 5.74) is 4.25. The molecule has 0 aromatic heterocycles. The number of terminal acetylenes is 1. The molecule has 0 saturated heterocycles. The van der Waals surface area contributed by atoms with Gasteiger partial charge >= 0.3 is 0 Å². The second-order valence-corrected chi connectivity index (χ2v) is 6.22. The summed E-state index contributed by atoms with van der Waals surface area (Å²) in [7, 11) is 0. The Labute approximate surface area is 152 Å². The largest absolute Gasteiger partial charge is 0.321 e. The van der Waals surface area contributed by atoms with Crippen LogP contribution in [0.5, 0.6) is 0 Å². The molecule has 0 bridgehead atoms. The molecular formula is C21H19N3O2. The van der Waals surface area contributed by atoms with E-state index in [1.165, 1.54) is 5.01 Å². The van der Waals surface area contributed by atoms with Gasteiger partial charge in [0.1, 0.15) is 5.71 Å². The first-order chi connectivity index (χ1) is 12.5. The zero-order valence-electron chi connectivity index (χ0n) is 14.7. The van der Waals surface area contributed by atoms with Crippen molar-refractivity contribution in [2.75, 3.05) is 10.3 Å². The van der Waals surface area contributed by atoms with Gasteiger partial charge in [0.25, 0.3) is 5.91 Å². The average molecular weight is 345 g/mol. The molecule has 0 fully saturated rings. The van der Waals surface area contributed by atoms with Gasteiger partial charge in [0.05, 0.1) is 5.69 Å². The summed E-state index contributed by atoms with van der Waals surface area (Å²) in [5.74, 6) is 2.08. The van der Waals surface area contributed by atoms with Crippen LogP contribution >= 0.6 is 0 Å². The second-order valence-electron chi connectivity index (χ2n) is 6.22. The maximum Gasteiger partial charge on any atom is 0.271 e. The molecule has 0 aliphatic carbocycles. The highest BCUT2D eigenvalue weighted by Crippen LogP contribution is 2.25. The highest BCUT2D eigenvalue weighted by Gasteiger charge is 2.26. The number of nitrogens with one attached hydrogen (secondary N) is 1. The summed E-state index contributed by atoms with van der Waals surface area (Å²) in [4.78, 5) is 24.9. The molecule has 0 atom stereocenters. The van der Waals surface area contributed by atoms with Crippen molar-refractivity contribution in [2.45, 2.75) is 26.7 Å². The Morgan fingerprint density at radius 3 is 2.77 bits per heavy atom. The van der Waals surface area contributed by atoms with Crippen molar-refractivity contribution in [1.29, 1.82) is 0 Å². The summed E-state index contributed by atoms with van der Waals surface area (Å²) < 4.78 is 0. The Hall–Kier alpha value is -3.39. The van der Waals surface area contributed by atoms with E-state index >= 15 is 0 Å². The molecule has 5 nitrogen and oxygen atoms in total. The maximum absolute atomic E-state index is 12.6. The van der Waals surface area contributed by atoms with Crippen LogP contribution in [-0.4, -0.2) is 17.5 Å². The fourth-order valence-corrected chi connectivity index (χ4v) is 2.74. The molecule has 1 N–H and O–H groups in total. The minimum Gasteiger partial charge on any atom is -0.321 e. The fraction of sp³-hybridized carbons (Fsp3) is 0.190. The van der Waals surface area contributed by atoms with Gasteiger partial charge in [-0.1, -0.05) is 24.1 Å². The zero-order chi connectivity index (χ0) is 18.7. The van der Waals surface area contributed by atoms with Crippen LogP contribution in [-0.2, 0) is 9.59 Å². The highest BCUT2D eigenvalue weighted by atomic mass is 16.2. The van der Waals surface area contributed by atoms with Gasteiger partial charge in [0.15, 0.2) is 0 Å². The third-order valence-electron chi connectivity index (χ3n) is 4.17. The smallest absolute Gasteiger partial charge is 0.271 e. The SMILES string of the molecule is C#Cc1cccc(NC(=O)C2=NN(c3cc(C)ccc3C)C(=O)CC2)c1. The number of carbonyl (C=O) groups excluding carboxylic acids is 2. The van der Waals surface area contributed by atoms with Crippen molar-refractivity contribution in [2.24, 2.45) is 5.10 Å². The van der Waals surface area contributed by atoms with Gasteiger partial charge in [-0.05, 0) is 49.2 Å². The Morgan fingerprint density at radius 2 is 2.00 bits per heavy atom. The van der Waals surface area contributed by atoms with Crippen LogP contribution in [0.15, 0.2) is 47.6 Å². The van der Waals surface area contributed by atoms with Crippen molar-refractivity contribution in [3.05, 3.63) is 59.2 Å². The number of anilines is 2. The summed E-state index contributed by atoms with van der Waals surface area (Å²) in [6.07, 6.45) is 5.93. The Morgan fingerprint density at radius 1 is 1.19 bits per heavy atom. The number of amides is 2. The summed E-state index contributed by atoms with van der Waals surface area (Å²) in [6.45, 7) is 3.87. The third-order valence-corrected chi connectivity index (χ3v) is 4.17. The van der Waals surface area contributed by atoms with Crippen molar-refractivity contribution >= 4 is 28.9 Å². The van der Waals surface area contributed by atoms with Crippen molar-refractivity contribution in [3.8, 4) is 12.3 Å². The van der Waals surface area contributed by atoms with Crippen LogP contribution in [0.2, 0.25) is 0 Å². The first-order valence-electron chi connectivity index (χ1n) is 8.33. The number of hydrogen-bond acceptors (Lipinski definition) is 3. The lowest BCUT2D eigenvalue weighted by Gasteiger charge is -2.24. The highest BCUT2D eigenvalue weighted by molar-refractivity contribution is 6.44. The minimum atomic E-state index is -0.332. The number of nitrogens with zero attached hydrogens (tertiary/aromatic N) is 2. The van der Waals surface area contributed by atoms with Gasteiger partial charge in [-0.2, -0.15) is 5.10 Å². The quantitative estimate of drug-likeness (QED) is 0.867. The van der Waals surface area contributed by atoms with E-state index in [0.717, 1.165) is 11.1 Å². The summed E-state index contributed by atoms with van der Waals surface area (Å²) >= 11 is 0. The van der Waals surface area contributed by atoms with E-state index in [9.17, 15) is 9.59 Å². The lowest BCUT2D eigenvalue weighted by Crippen LogP contribution is -2.36. The first kappa shape index (κ1) is 17.4. The number of benzene rings is 2. The molecule has 26 heavy (non-hydrogen) atoms. The Balaban J connectivity index is 1.87. The van der Waals surface area contributed by atoms with Gasteiger partial charge in [-0.15, -0.1) is 6.42 Å². The first-order valence-corrected chi connectivity index (χ1v) is 8.33. The van der Waals surface area contributed by atoms with E-state index in [4.69, 9.17) is 6.42 Å². The average Bonchev–Trinajstić information content (AvgIpc) is 2.64. The molecule has 0 unspecified atom stereocenters. The van der Waals surface area contributed by atoms with E-state index in [1.807, 2.05) is 32.0 Å². The third kappa shape index (κ3) is 3.65. The molecule has 2 aromatic rings. The van der Waals surface area contributed by atoms with Crippen LogP contribution in [0.3, 0.4) is 0 Å². The number of hydrazone groups is 1. The van der Waals surface area contributed by atoms with Crippen molar-refractivity contribution < 1.29 is 9.59 Å². The molecule has 2 amide bonds. The molecule has 130 valence electrons. The van der Waals surface area contributed by atoms with Crippen LogP contribution in [0.25, 0.3) is 0 Å². The molecule has 1 heterocycles. The van der Waals surface area contributed by atoms with Gasteiger partial charge in [0.2, 0.25) is 5.91 Å². The lowest BCUT2D eigenvalue weighted by molar-refractivity contribution is -0.118. The van der Waals surface area contributed by atoms with Crippen LogP contribution < -0.4 is 10.3 Å². The van der Waals surface area contributed by atoms with Crippen molar-refractivity contribution in [3.63, 3.8) is 0 Å². The minimum absolute atomic E-state index is 0.121. The Kier molecular flexibility index (Phi) is 4.85. The van der Waals surface area contributed by atoms with E-state index in [-0.39, 0.29) is 18.2 Å². The van der Waals surface area contributed by atoms with E-state index in [1.54, 1.807) is 24.3 Å². The normalized spacial score (nSPS) is 13.8. The number of rotatable bonds is 3. The van der Waals surface area contributed by atoms with E-state index < -0.39 is 0 Å². The molecule has 1 aliphatic heterocycles. The monoisotopic (exact) mass is 345 g/mol. The number of carbonyl (C=O) groups is 2. The summed E-state index contributed by atoms with van der Waals surface area (Å²) in [5, 5.41) is 8.45. The Bertz CT molecular complexity index is 954. The molecular weight excluding hydrogens is 326 g/mol. The molecule has 0 saturated carbocycles. The van der Waals surface area contributed by atoms with Crippen LogP contribution in [0, 0.1) is 26.2 Å². The topological polar surface area (TPSA) is 61.8 Å². The maximum atomic E-state index is 12.6. The second kappa shape index (κ2) is 7.24. The number of hydrogen-bond donors (Lipinski definition) is 1. The predicted molar refractivity (Wildman–Crippen MR) is 103 cm³/mol. The lowest BCUT2D eigenvalue weighted by atomic mass is 10.1.